The summed E-state index contributed by atoms with van der Waals surface area (Å²) in [5, 5.41) is 3.58. The van der Waals surface area contributed by atoms with Crippen molar-refractivity contribution in [1.82, 2.24) is 0 Å². The van der Waals surface area contributed by atoms with E-state index in [2.05, 4.69) is 73.1 Å². The predicted molar refractivity (Wildman–Crippen MR) is 99.5 cm³/mol. The van der Waals surface area contributed by atoms with Crippen LogP contribution in [0.2, 0.25) is 0 Å². The zero-order valence-corrected chi connectivity index (χ0v) is 13.9. The summed E-state index contributed by atoms with van der Waals surface area (Å²) in [6.45, 7) is 3.13. The SMILES string of the molecule is Cc1ccc(C=N[C@@H]2CCCC[C@H]2CNc2ccccc2)cc1. The van der Waals surface area contributed by atoms with Crippen LogP contribution in [0, 0.1) is 12.8 Å². The summed E-state index contributed by atoms with van der Waals surface area (Å²) >= 11 is 0. The van der Waals surface area contributed by atoms with E-state index in [0.29, 0.717) is 12.0 Å². The molecule has 0 bridgehead atoms. The number of aryl methyl sites for hydroxylation is 1. The molecule has 1 aliphatic rings. The van der Waals surface area contributed by atoms with Crippen LogP contribution in [-0.4, -0.2) is 18.8 Å². The minimum atomic E-state index is 0.446. The zero-order valence-electron chi connectivity index (χ0n) is 13.9. The molecule has 0 radical (unpaired) electrons. The van der Waals surface area contributed by atoms with Crippen LogP contribution in [-0.2, 0) is 0 Å². The van der Waals surface area contributed by atoms with Crippen LogP contribution in [0.4, 0.5) is 5.69 Å². The smallest absolute Gasteiger partial charge is 0.0544 e. The van der Waals surface area contributed by atoms with E-state index in [1.807, 2.05) is 0 Å². The number of benzene rings is 2. The molecule has 2 aromatic rings. The summed E-state index contributed by atoms with van der Waals surface area (Å²) in [7, 11) is 0. The van der Waals surface area contributed by atoms with E-state index in [-0.39, 0.29) is 0 Å². The zero-order chi connectivity index (χ0) is 15.9. The normalized spacial score (nSPS) is 21.4. The van der Waals surface area contributed by atoms with Gasteiger partial charge in [0.2, 0.25) is 0 Å². The average Bonchev–Trinajstić information content (AvgIpc) is 2.61. The van der Waals surface area contributed by atoms with Crippen molar-refractivity contribution in [1.29, 1.82) is 0 Å². The van der Waals surface area contributed by atoms with Gasteiger partial charge in [0, 0.05) is 18.4 Å². The van der Waals surface area contributed by atoms with Crippen LogP contribution in [0.5, 0.6) is 0 Å². The Bertz CT molecular complexity index is 616. The third-order valence-electron chi connectivity index (χ3n) is 4.70. The lowest BCUT2D eigenvalue weighted by atomic mass is 9.84. The molecule has 0 spiro atoms. The Morgan fingerprint density at radius 1 is 1.00 bits per heavy atom. The van der Waals surface area contributed by atoms with E-state index >= 15 is 0 Å². The first-order valence-electron chi connectivity index (χ1n) is 8.70. The van der Waals surface area contributed by atoms with Crippen molar-refractivity contribution in [3.63, 3.8) is 0 Å². The molecule has 2 atom stereocenters. The lowest BCUT2D eigenvalue weighted by Crippen LogP contribution is -2.29. The van der Waals surface area contributed by atoms with Gasteiger partial charge in [-0.05, 0) is 43.4 Å². The van der Waals surface area contributed by atoms with Gasteiger partial charge in [0.15, 0.2) is 0 Å². The molecule has 2 aromatic carbocycles. The second-order valence-corrected chi connectivity index (χ2v) is 6.55. The Morgan fingerprint density at radius 3 is 2.52 bits per heavy atom. The maximum atomic E-state index is 4.91. The number of para-hydroxylation sites is 1. The van der Waals surface area contributed by atoms with E-state index in [1.165, 1.54) is 42.5 Å². The van der Waals surface area contributed by atoms with E-state index in [4.69, 9.17) is 4.99 Å². The molecule has 0 aromatic heterocycles. The second kappa shape index (κ2) is 7.96. The number of aliphatic imine (C=N–C) groups is 1. The molecule has 23 heavy (non-hydrogen) atoms. The summed E-state index contributed by atoms with van der Waals surface area (Å²) in [5.74, 6) is 0.630. The molecular formula is C21H26N2. The van der Waals surface area contributed by atoms with Gasteiger partial charge >= 0.3 is 0 Å². The molecule has 120 valence electrons. The fraction of sp³-hybridized carbons (Fsp3) is 0.381. The highest BCUT2D eigenvalue weighted by Gasteiger charge is 2.23. The van der Waals surface area contributed by atoms with E-state index in [0.717, 1.165) is 6.54 Å². The summed E-state index contributed by atoms with van der Waals surface area (Å²) < 4.78 is 0. The summed E-state index contributed by atoms with van der Waals surface area (Å²) in [6.07, 6.45) is 7.18. The van der Waals surface area contributed by atoms with Crippen LogP contribution in [0.1, 0.15) is 36.8 Å². The summed E-state index contributed by atoms with van der Waals surface area (Å²) in [5.41, 5.74) is 3.71. The first kappa shape index (κ1) is 15.8. The van der Waals surface area contributed by atoms with Gasteiger partial charge in [-0.15, -0.1) is 0 Å². The van der Waals surface area contributed by atoms with Gasteiger partial charge < -0.3 is 5.32 Å². The molecule has 0 amide bonds. The Balaban J connectivity index is 1.60. The highest BCUT2D eigenvalue weighted by molar-refractivity contribution is 5.79. The highest BCUT2D eigenvalue weighted by Crippen LogP contribution is 2.27. The minimum Gasteiger partial charge on any atom is -0.385 e. The molecule has 1 aliphatic carbocycles. The molecule has 1 N–H and O–H groups in total. The van der Waals surface area contributed by atoms with E-state index < -0.39 is 0 Å². The van der Waals surface area contributed by atoms with Gasteiger partial charge in [0.05, 0.1) is 6.04 Å². The second-order valence-electron chi connectivity index (χ2n) is 6.55. The molecule has 1 saturated carbocycles. The topological polar surface area (TPSA) is 24.4 Å². The third kappa shape index (κ3) is 4.69. The number of hydrogen-bond donors (Lipinski definition) is 1. The van der Waals surface area contributed by atoms with Crippen molar-refractivity contribution in [2.24, 2.45) is 10.9 Å². The Kier molecular flexibility index (Phi) is 5.46. The lowest BCUT2D eigenvalue weighted by Gasteiger charge is -2.29. The number of hydrogen-bond acceptors (Lipinski definition) is 2. The van der Waals surface area contributed by atoms with Crippen LogP contribution in [0.3, 0.4) is 0 Å². The maximum Gasteiger partial charge on any atom is 0.0544 e. The molecule has 0 saturated heterocycles. The lowest BCUT2D eigenvalue weighted by molar-refractivity contribution is 0.324. The number of nitrogens with zero attached hydrogens (tertiary/aromatic N) is 1. The summed E-state index contributed by atoms with van der Waals surface area (Å²) in [4.78, 5) is 4.91. The largest absolute Gasteiger partial charge is 0.385 e. The van der Waals surface area contributed by atoms with Gasteiger partial charge in [0.1, 0.15) is 0 Å². The van der Waals surface area contributed by atoms with Crippen molar-refractivity contribution in [2.45, 2.75) is 38.6 Å². The number of rotatable bonds is 5. The van der Waals surface area contributed by atoms with Crippen LogP contribution in [0.25, 0.3) is 0 Å². The molecule has 1 fully saturated rings. The minimum absolute atomic E-state index is 0.446. The predicted octanol–water partition coefficient (Wildman–Crippen LogP) is 5.08. The van der Waals surface area contributed by atoms with Crippen LogP contribution < -0.4 is 5.32 Å². The average molecular weight is 306 g/mol. The van der Waals surface area contributed by atoms with Gasteiger partial charge in [0.25, 0.3) is 0 Å². The standard InChI is InChI=1S/C21H26N2/c1-17-11-13-18(14-12-17)15-23-21-10-6-5-7-19(21)16-22-20-8-3-2-4-9-20/h2-4,8-9,11-15,19,21-22H,5-7,10,16H2,1H3/t19-,21+/m0/s1. The molecular weight excluding hydrogens is 280 g/mol. The van der Waals surface area contributed by atoms with Crippen LogP contribution >= 0.6 is 0 Å². The number of nitrogens with one attached hydrogen (secondary N) is 1. The van der Waals surface area contributed by atoms with Crippen molar-refractivity contribution >= 4 is 11.9 Å². The molecule has 0 aliphatic heterocycles. The van der Waals surface area contributed by atoms with Gasteiger partial charge in [-0.2, -0.15) is 0 Å². The summed E-state index contributed by atoms with van der Waals surface area (Å²) in [6, 6.07) is 19.5. The van der Waals surface area contributed by atoms with Gasteiger partial charge in [-0.1, -0.05) is 60.9 Å². The fourth-order valence-electron chi connectivity index (χ4n) is 3.26. The molecule has 3 rings (SSSR count). The molecule has 2 heteroatoms. The highest BCUT2D eigenvalue weighted by atomic mass is 14.9. The first-order chi connectivity index (χ1) is 11.3. The van der Waals surface area contributed by atoms with E-state index in [9.17, 15) is 0 Å². The van der Waals surface area contributed by atoms with Crippen molar-refractivity contribution in [2.75, 3.05) is 11.9 Å². The van der Waals surface area contributed by atoms with Gasteiger partial charge in [-0.3, -0.25) is 4.99 Å². The number of anilines is 1. The van der Waals surface area contributed by atoms with Gasteiger partial charge in [-0.25, -0.2) is 0 Å². The Morgan fingerprint density at radius 2 is 1.74 bits per heavy atom. The van der Waals surface area contributed by atoms with E-state index in [1.54, 1.807) is 0 Å². The van der Waals surface area contributed by atoms with Crippen molar-refractivity contribution < 1.29 is 0 Å². The monoisotopic (exact) mass is 306 g/mol. The Labute approximate surface area is 139 Å². The Hall–Kier alpha value is -2.09. The van der Waals surface area contributed by atoms with Crippen molar-refractivity contribution in [3.05, 3.63) is 65.7 Å². The third-order valence-corrected chi connectivity index (χ3v) is 4.70. The fourth-order valence-corrected chi connectivity index (χ4v) is 3.26. The van der Waals surface area contributed by atoms with Crippen LogP contribution in [0.15, 0.2) is 59.6 Å². The van der Waals surface area contributed by atoms with Crippen molar-refractivity contribution in [3.8, 4) is 0 Å². The first-order valence-corrected chi connectivity index (χ1v) is 8.70. The maximum absolute atomic E-state index is 4.91. The molecule has 2 nitrogen and oxygen atoms in total. The molecule has 0 heterocycles. The quantitative estimate of drug-likeness (QED) is 0.765. The molecule has 0 unspecified atom stereocenters.